The van der Waals surface area contributed by atoms with Gasteiger partial charge in [-0.3, -0.25) is 14.9 Å². The van der Waals surface area contributed by atoms with Gasteiger partial charge >= 0.3 is 0 Å². The summed E-state index contributed by atoms with van der Waals surface area (Å²) in [6.45, 7) is 3.74. The van der Waals surface area contributed by atoms with Crippen LogP contribution in [0, 0.1) is 24.0 Å². The van der Waals surface area contributed by atoms with Crippen molar-refractivity contribution in [3.63, 3.8) is 0 Å². The number of ketones is 1. The summed E-state index contributed by atoms with van der Waals surface area (Å²) in [7, 11) is 0. The molecule has 102 valence electrons. The van der Waals surface area contributed by atoms with Crippen molar-refractivity contribution in [1.82, 2.24) is 0 Å². The Morgan fingerprint density at radius 2 is 1.60 bits per heavy atom. The summed E-state index contributed by atoms with van der Waals surface area (Å²) in [6.07, 6.45) is 0. The van der Waals surface area contributed by atoms with E-state index in [4.69, 9.17) is 0 Å². The molecule has 0 saturated carbocycles. The van der Waals surface area contributed by atoms with E-state index in [2.05, 4.69) is 0 Å². The second-order valence-electron chi connectivity index (χ2n) is 4.82. The monoisotopic (exact) mass is 269 g/mol. The van der Waals surface area contributed by atoms with Crippen molar-refractivity contribution in [2.24, 2.45) is 0 Å². The molecule has 2 aromatic rings. The number of rotatable bonds is 4. The SMILES string of the molecule is Cc1ccc(C(=O)c2ccc(C[N+](=O)[O-])cc2)cc1C. The largest absolute Gasteiger partial charge is 0.289 e. The van der Waals surface area contributed by atoms with Crippen LogP contribution in [0.5, 0.6) is 0 Å². The van der Waals surface area contributed by atoms with Gasteiger partial charge < -0.3 is 0 Å². The minimum Gasteiger partial charge on any atom is -0.289 e. The summed E-state index contributed by atoms with van der Waals surface area (Å²) >= 11 is 0. The molecule has 2 rings (SSSR count). The number of benzene rings is 2. The molecule has 0 aromatic heterocycles. The molecule has 0 saturated heterocycles. The van der Waals surface area contributed by atoms with E-state index in [9.17, 15) is 14.9 Å². The Kier molecular flexibility index (Phi) is 3.94. The molecule has 0 atom stereocenters. The van der Waals surface area contributed by atoms with E-state index in [1.165, 1.54) is 0 Å². The lowest BCUT2D eigenvalue weighted by atomic mass is 9.98. The highest BCUT2D eigenvalue weighted by atomic mass is 16.6. The number of carbonyl (C=O) groups is 1. The first-order chi connectivity index (χ1) is 9.47. The highest BCUT2D eigenvalue weighted by molar-refractivity contribution is 6.09. The summed E-state index contributed by atoms with van der Waals surface area (Å²) in [4.78, 5) is 22.3. The molecule has 0 unspecified atom stereocenters. The van der Waals surface area contributed by atoms with Crippen LogP contribution in [0.1, 0.15) is 32.6 Å². The second kappa shape index (κ2) is 5.65. The quantitative estimate of drug-likeness (QED) is 0.486. The molecule has 2 aromatic carbocycles. The summed E-state index contributed by atoms with van der Waals surface area (Å²) in [5.74, 6) is -0.0687. The maximum absolute atomic E-state index is 12.3. The topological polar surface area (TPSA) is 60.2 Å². The molecular weight excluding hydrogens is 254 g/mol. The molecule has 0 spiro atoms. The lowest BCUT2D eigenvalue weighted by Gasteiger charge is -2.05. The van der Waals surface area contributed by atoms with Crippen molar-refractivity contribution >= 4 is 5.78 Å². The molecule has 0 N–H and O–H groups in total. The molecule has 4 heteroatoms. The third-order valence-electron chi connectivity index (χ3n) is 3.30. The Morgan fingerprint density at radius 1 is 1.00 bits per heavy atom. The lowest BCUT2D eigenvalue weighted by molar-refractivity contribution is -0.496. The van der Waals surface area contributed by atoms with Gasteiger partial charge in [0.2, 0.25) is 6.54 Å². The predicted octanol–water partition coefficient (Wildman–Crippen LogP) is 3.31. The van der Waals surface area contributed by atoms with Crippen LogP contribution in [0.15, 0.2) is 42.5 Å². The van der Waals surface area contributed by atoms with E-state index in [0.717, 1.165) is 11.1 Å². The van der Waals surface area contributed by atoms with Gasteiger partial charge in [0.05, 0.1) is 0 Å². The number of hydrogen-bond donors (Lipinski definition) is 0. The molecule has 20 heavy (non-hydrogen) atoms. The van der Waals surface area contributed by atoms with E-state index in [1.807, 2.05) is 26.0 Å². The van der Waals surface area contributed by atoms with Crippen LogP contribution in [0.4, 0.5) is 0 Å². The molecule has 0 bridgehead atoms. The Hall–Kier alpha value is -2.49. The summed E-state index contributed by atoms with van der Waals surface area (Å²) in [6, 6.07) is 12.1. The average Bonchev–Trinajstić information content (AvgIpc) is 2.41. The van der Waals surface area contributed by atoms with E-state index < -0.39 is 0 Å². The maximum Gasteiger partial charge on any atom is 0.228 e. The fraction of sp³-hybridized carbons (Fsp3) is 0.188. The molecule has 0 aliphatic heterocycles. The first-order valence-electron chi connectivity index (χ1n) is 6.30. The fourth-order valence-corrected chi connectivity index (χ4v) is 1.96. The normalized spacial score (nSPS) is 10.3. The van der Waals surface area contributed by atoms with Crippen LogP contribution in [-0.2, 0) is 6.54 Å². The summed E-state index contributed by atoms with van der Waals surface area (Å²) in [5, 5.41) is 10.4. The van der Waals surface area contributed by atoms with Crippen LogP contribution < -0.4 is 0 Å². The van der Waals surface area contributed by atoms with Gasteiger partial charge in [-0.15, -0.1) is 0 Å². The Bertz CT molecular complexity index is 660. The number of carbonyl (C=O) groups excluding carboxylic acids is 1. The third-order valence-corrected chi connectivity index (χ3v) is 3.30. The van der Waals surface area contributed by atoms with Gasteiger partial charge in [0.1, 0.15) is 0 Å². The average molecular weight is 269 g/mol. The minimum atomic E-state index is -0.389. The Balaban J connectivity index is 2.24. The standard InChI is InChI=1S/C16H15NO3/c1-11-3-6-15(9-12(11)2)16(18)14-7-4-13(5-8-14)10-17(19)20/h3-9H,10H2,1-2H3. The van der Waals surface area contributed by atoms with Gasteiger partial charge in [-0.25, -0.2) is 0 Å². The molecule has 0 amide bonds. The van der Waals surface area contributed by atoms with Gasteiger partial charge in [0.15, 0.2) is 5.78 Å². The Labute approximate surface area is 117 Å². The molecule has 0 aliphatic carbocycles. The van der Waals surface area contributed by atoms with Gasteiger partial charge in [-0.05, 0) is 31.0 Å². The van der Waals surface area contributed by atoms with Crippen molar-refractivity contribution in [2.45, 2.75) is 20.4 Å². The maximum atomic E-state index is 12.3. The fourth-order valence-electron chi connectivity index (χ4n) is 1.96. The summed E-state index contributed by atoms with van der Waals surface area (Å²) < 4.78 is 0. The Morgan fingerprint density at radius 3 is 2.15 bits per heavy atom. The smallest absolute Gasteiger partial charge is 0.228 e. The van der Waals surface area contributed by atoms with Crippen molar-refractivity contribution in [3.05, 3.63) is 80.4 Å². The zero-order valence-corrected chi connectivity index (χ0v) is 11.4. The number of nitrogens with zero attached hydrogens (tertiary/aromatic N) is 1. The molecule has 0 aliphatic rings. The highest BCUT2D eigenvalue weighted by Gasteiger charge is 2.10. The van der Waals surface area contributed by atoms with Gasteiger partial charge in [-0.2, -0.15) is 0 Å². The van der Waals surface area contributed by atoms with Gasteiger partial charge in [-0.1, -0.05) is 36.4 Å². The molecule has 0 fully saturated rings. The van der Waals surface area contributed by atoms with Crippen molar-refractivity contribution in [2.75, 3.05) is 0 Å². The first kappa shape index (κ1) is 13.9. The van der Waals surface area contributed by atoms with Crippen LogP contribution in [0.2, 0.25) is 0 Å². The molecular formula is C16H15NO3. The zero-order chi connectivity index (χ0) is 14.7. The number of nitro groups is 1. The van der Waals surface area contributed by atoms with E-state index >= 15 is 0 Å². The second-order valence-corrected chi connectivity index (χ2v) is 4.82. The zero-order valence-electron chi connectivity index (χ0n) is 11.4. The third kappa shape index (κ3) is 3.09. The van der Waals surface area contributed by atoms with Crippen LogP contribution in [-0.4, -0.2) is 10.7 Å². The summed E-state index contributed by atoms with van der Waals surface area (Å²) in [5.41, 5.74) is 3.98. The van der Waals surface area contributed by atoms with Crippen molar-refractivity contribution < 1.29 is 9.72 Å². The van der Waals surface area contributed by atoms with E-state index in [0.29, 0.717) is 16.7 Å². The highest BCUT2D eigenvalue weighted by Crippen LogP contribution is 2.15. The number of aryl methyl sites for hydroxylation is 2. The van der Waals surface area contributed by atoms with E-state index in [-0.39, 0.29) is 17.3 Å². The minimum absolute atomic E-state index is 0.0687. The van der Waals surface area contributed by atoms with Gasteiger partial charge in [0.25, 0.3) is 0 Å². The predicted molar refractivity (Wildman–Crippen MR) is 76.5 cm³/mol. The number of hydrogen-bond acceptors (Lipinski definition) is 3. The van der Waals surface area contributed by atoms with Crippen molar-refractivity contribution in [3.8, 4) is 0 Å². The van der Waals surface area contributed by atoms with Crippen molar-refractivity contribution in [1.29, 1.82) is 0 Å². The molecule has 0 heterocycles. The van der Waals surface area contributed by atoms with Crippen LogP contribution in [0.3, 0.4) is 0 Å². The molecule has 4 nitrogen and oxygen atoms in total. The van der Waals surface area contributed by atoms with E-state index in [1.54, 1.807) is 30.3 Å². The van der Waals surface area contributed by atoms with Crippen LogP contribution in [0.25, 0.3) is 0 Å². The van der Waals surface area contributed by atoms with Gasteiger partial charge in [0, 0.05) is 21.6 Å². The van der Waals surface area contributed by atoms with Crippen LogP contribution >= 0.6 is 0 Å². The lowest BCUT2D eigenvalue weighted by Crippen LogP contribution is -2.03. The first-order valence-corrected chi connectivity index (χ1v) is 6.30. The molecule has 0 radical (unpaired) electrons.